The molecule has 0 unspecified atom stereocenters. The van der Waals surface area contributed by atoms with E-state index in [2.05, 4.69) is 39.5 Å². The molecule has 2 aliphatic rings. The lowest BCUT2D eigenvalue weighted by Crippen LogP contribution is -2.40. The number of nitrogens with one attached hydrogen (secondary N) is 2. The highest BCUT2D eigenvalue weighted by Crippen LogP contribution is 2.35. The van der Waals surface area contributed by atoms with Gasteiger partial charge in [-0.25, -0.2) is 4.79 Å². The summed E-state index contributed by atoms with van der Waals surface area (Å²) in [7, 11) is 1.55. The van der Waals surface area contributed by atoms with Crippen LogP contribution in [0.2, 0.25) is 0 Å². The molecule has 5 aromatic carbocycles. The molecule has 5 N–H and O–H groups in total. The number of aromatic nitrogens is 1. The van der Waals surface area contributed by atoms with Crippen molar-refractivity contribution in [3.8, 4) is 11.5 Å². The molecular formula is C52H54N4O8. The number of methoxy groups -OCH3 is 1. The SMILES string of the molecule is COc1cc(C(=O)N2CC=C(c3cccc([C@](O)(C(=O)OCC4CCN(Cc5ccccc5)CC4)c4ccccc4)c3)CC2)ccc1CNC[C@H](O)c1ccc(O)c2[nH]c(=O)ccc12. The number of aliphatic hydroxyl groups is 2. The number of likely N-dealkylation sites (tertiary alicyclic amines) is 1. The molecule has 2 atom stereocenters. The number of phenolic OH excluding ortho intramolecular Hbond substituents is 1. The number of phenols is 1. The number of fused-ring (bicyclic) bond motifs is 1. The molecular weight excluding hydrogens is 809 g/mol. The number of pyridine rings is 1. The van der Waals surface area contributed by atoms with Crippen LogP contribution in [0, 0.1) is 5.92 Å². The molecule has 0 bridgehead atoms. The monoisotopic (exact) mass is 862 g/mol. The first-order valence-electron chi connectivity index (χ1n) is 21.8. The average molecular weight is 863 g/mol. The van der Waals surface area contributed by atoms with Crippen molar-refractivity contribution in [3.63, 3.8) is 0 Å². The Balaban J connectivity index is 0.889. The van der Waals surface area contributed by atoms with Crippen LogP contribution >= 0.6 is 0 Å². The van der Waals surface area contributed by atoms with Crippen LogP contribution in [0.15, 0.2) is 138 Å². The average Bonchev–Trinajstić information content (AvgIpc) is 3.34. The number of carbonyl (C=O) groups excluding carboxylic acids is 2. The van der Waals surface area contributed by atoms with Crippen molar-refractivity contribution >= 4 is 28.4 Å². The number of piperidine rings is 1. The van der Waals surface area contributed by atoms with E-state index in [4.69, 9.17) is 9.47 Å². The second kappa shape index (κ2) is 19.9. The molecule has 12 nitrogen and oxygen atoms in total. The number of amides is 1. The van der Waals surface area contributed by atoms with Gasteiger partial charge in [0.1, 0.15) is 11.5 Å². The van der Waals surface area contributed by atoms with Crippen LogP contribution in [-0.2, 0) is 28.2 Å². The minimum Gasteiger partial charge on any atom is -0.506 e. The molecule has 0 spiro atoms. The van der Waals surface area contributed by atoms with Crippen molar-refractivity contribution in [2.24, 2.45) is 5.92 Å². The van der Waals surface area contributed by atoms with Crippen LogP contribution in [0.4, 0.5) is 0 Å². The Morgan fingerprint density at radius 2 is 1.62 bits per heavy atom. The Bertz CT molecular complexity index is 2680. The van der Waals surface area contributed by atoms with Crippen LogP contribution in [0.3, 0.4) is 0 Å². The second-order valence-corrected chi connectivity index (χ2v) is 16.6. The molecule has 3 heterocycles. The number of nitrogens with zero attached hydrogens (tertiary/aromatic N) is 2. The largest absolute Gasteiger partial charge is 0.506 e. The van der Waals surface area contributed by atoms with Gasteiger partial charge < -0.3 is 40.0 Å². The molecule has 330 valence electrons. The number of aromatic amines is 1. The fourth-order valence-electron chi connectivity index (χ4n) is 8.80. The van der Waals surface area contributed by atoms with Crippen molar-refractivity contribution in [1.29, 1.82) is 0 Å². The summed E-state index contributed by atoms with van der Waals surface area (Å²) in [6.45, 7) is 4.34. The summed E-state index contributed by atoms with van der Waals surface area (Å²) in [5, 5.41) is 37.4. The van der Waals surface area contributed by atoms with Crippen LogP contribution in [0.25, 0.3) is 16.5 Å². The highest BCUT2D eigenvalue weighted by molar-refractivity contribution is 5.95. The van der Waals surface area contributed by atoms with E-state index >= 15 is 0 Å². The predicted octanol–water partition coefficient (Wildman–Crippen LogP) is 6.69. The zero-order valence-electron chi connectivity index (χ0n) is 35.9. The van der Waals surface area contributed by atoms with Crippen molar-refractivity contribution in [1.82, 2.24) is 20.1 Å². The Morgan fingerprint density at radius 3 is 2.36 bits per heavy atom. The maximum atomic E-state index is 14.0. The molecule has 1 amide bonds. The zero-order valence-corrected chi connectivity index (χ0v) is 35.9. The minimum absolute atomic E-state index is 0.0764. The van der Waals surface area contributed by atoms with E-state index in [9.17, 15) is 29.7 Å². The molecule has 0 radical (unpaired) electrons. The summed E-state index contributed by atoms with van der Waals surface area (Å²) in [5.41, 5.74) is 3.73. The molecule has 1 saturated heterocycles. The van der Waals surface area contributed by atoms with E-state index < -0.39 is 17.7 Å². The first kappa shape index (κ1) is 44.1. The lowest BCUT2D eigenvalue weighted by Gasteiger charge is -2.33. The smallest absolute Gasteiger partial charge is 0.347 e. The summed E-state index contributed by atoms with van der Waals surface area (Å²) < 4.78 is 11.6. The van der Waals surface area contributed by atoms with Gasteiger partial charge in [-0.1, -0.05) is 97.1 Å². The first-order chi connectivity index (χ1) is 31.1. The summed E-state index contributed by atoms with van der Waals surface area (Å²) in [6.07, 6.45) is 3.47. The molecule has 64 heavy (non-hydrogen) atoms. The third kappa shape index (κ3) is 9.80. The molecule has 12 heteroatoms. The number of benzene rings is 5. The van der Waals surface area contributed by atoms with Gasteiger partial charge in [0.2, 0.25) is 11.2 Å². The lowest BCUT2D eigenvalue weighted by molar-refractivity contribution is -0.164. The number of hydrogen-bond acceptors (Lipinski definition) is 10. The van der Waals surface area contributed by atoms with Gasteiger partial charge in [-0.2, -0.15) is 0 Å². The number of hydrogen-bond donors (Lipinski definition) is 5. The van der Waals surface area contributed by atoms with E-state index in [0.29, 0.717) is 59.4 Å². The quantitative estimate of drug-likeness (QED) is 0.0704. The van der Waals surface area contributed by atoms with Gasteiger partial charge in [0.25, 0.3) is 5.91 Å². The second-order valence-electron chi connectivity index (χ2n) is 16.6. The number of ether oxygens (including phenoxy) is 2. The molecule has 1 fully saturated rings. The Hall–Kier alpha value is -6.57. The van der Waals surface area contributed by atoms with Crippen LogP contribution in [-0.4, -0.2) is 88.4 Å². The van der Waals surface area contributed by atoms with Gasteiger partial charge in [-0.15, -0.1) is 0 Å². The molecule has 1 aromatic heterocycles. The van der Waals surface area contributed by atoms with E-state index in [1.165, 1.54) is 17.7 Å². The number of H-pyrrole nitrogens is 1. The molecule has 8 rings (SSSR count). The summed E-state index contributed by atoms with van der Waals surface area (Å²) >= 11 is 0. The van der Waals surface area contributed by atoms with Gasteiger partial charge in [0.15, 0.2) is 0 Å². The number of aromatic hydroxyl groups is 1. The number of esters is 1. The third-order valence-corrected chi connectivity index (χ3v) is 12.5. The molecule has 6 aromatic rings. The van der Waals surface area contributed by atoms with E-state index in [1.54, 1.807) is 66.6 Å². The zero-order chi connectivity index (χ0) is 44.6. The van der Waals surface area contributed by atoms with E-state index in [0.717, 1.165) is 49.2 Å². The Morgan fingerprint density at radius 1 is 0.875 bits per heavy atom. The number of aliphatic hydroxyl groups excluding tert-OH is 1. The topological polar surface area (TPSA) is 165 Å². The van der Waals surface area contributed by atoms with Gasteiger partial charge >= 0.3 is 5.97 Å². The molecule has 0 aliphatic carbocycles. The number of rotatable bonds is 15. The van der Waals surface area contributed by atoms with Crippen LogP contribution in [0.1, 0.15) is 69.1 Å². The highest BCUT2D eigenvalue weighted by atomic mass is 16.5. The lowest BCUT2D eigenvalue weighted by atomic mass is 9.84. The van der Waals surface area contributed by atoms with Gasteiger partial charge in [-0.05, 0) is 96.4 Å². The van der Waals surface area contributed by atoms with Gasteiger partial charge in [0.05, 0.1) is 25.3 Å². The third-order valence-electron chi connectivity index (χ3n) is 12.5. The van der Waals surface area contributed by atoms with Gasteiger partial charge in [-0.3, -0.25) is 14.5 Å². The first-order valence-corrected chi connectivity index (χ1v) is 21.8. The summed E-state index contributed by atoms with van der Waals surface area (Å²) in [6, 6.07) is 38.1. The number of carbonyl (C=O) groups is 2. The summed E-state index contributed by atoms with van der Waals surface area (Å²) in [5.74, 6) is -0.184. The van der Waals surface area contributed by atoms with Crippen molar-refractivity contribution in [2.45, 2.75) is 44.1 Å². The predicted molar refractivity (Wildman–Crippen MR) is 246 cm³/mol. The maximum Gasteiger partial charge on any atom is 0.347 e. The van der Waals surface area contributed by atoms with Gasteiger partial charge in [0, 0.05) is 60.9 Å². The standard InChI is InChI=1S/C52H54N4O8/c1-63-47-30-39(15-16-40(47)31-53-32-46(58)43-17-19-45(57)49-44(43)18-20-48(59)54-49)50(60)56-27-23-37(24-28-56)38-11-8-14-42(29-38)52(62,41-12-6-3-7-13-41)51(61)64-34-36-21-25-55(26-22-36)33-35-9-4-2-5-10-35/h2-20,23,29-30,36,46,53,57-58,62H,21-22,24-28,31-34H2,1H3,(H,54,59)/t46-,52-/m0/s1. The normalized spacial score (nSPS) is 16.2. The molecule has 0 saturated carbocycles. The van der Waals surface area contributed by atoms with E-state index in [-0.39, 0.29) is 41.8 Å². The van der Waals surface area contributed by atoms with Crippen molar-refractivity contribution < 1.29 is 34.4 Å². The van der Waals surface area contributed by atoms with Crippen LogP contribution < -0.4 is 15.6 Å². The Kier molecular flexibility index (Phi) is 13.7. The summed E-state index contributed by atoms with van der Waals surface area (Å²) in [4.78, 5) is 46.4. The maximum absolute atomic E-state index is 14.0. The van der Waals surface area contributed by atoms with Crippen molar-refractivity contribution in [3.05, 3.63) is 183 Å². The molecule has 2 aliphatic heterocycles. The van der Waals surface area contributed by atoms with E-state index in [1.807, 2.05) is 42.5 Å². The fraction of sp³-hybridized carbons (Fsp3) is 0.288. The Labute approximate surface area is 372 Å². The fourth-order valence-corrected chi connectivity index (χ4v) is 8.80. The van der Waals surface area contributed by atoms with Crippen molar-refractivity contribution in [2.75, 3.05) is 46.4 Å². The van der Waals surface area contributed by atoms with Crippen LogP contribution in [0.5, 0.6) is 11.5 Å². The minimum atomic E-state index is -2.02. The highest BCUT2D eigenvalue weighted by Gasteiger charge is 2.42.